The van der Waals surface area contributed by atoms with Gasteiger partial charge in [0.25, 0.3) is 0 Å². The van der Waals surface area contributed by atoms with Crippen molar-refractivity contribution in [3.8, 4) is 0 Å². The molecule has 0 amide bonds. The van der Waals surface area contributed by atoms with Crippen LogP contribution in [0.2, 0.25) is 0 Å². The van der Waals surface area contributed by atoms with E-state index in [1.54, 1.807) is 0 Å². The molecule has 1 aromatic carbocycles. The van der Waals surface area contributed by atoms with Crippen molar-refractivity contribution in [3.63, 3.8) is 0 Å². The predicted molar refractivity (Wildman–Crippen MR) is 51.2 cm³/mol. The van der Waals surface area contributed by atoms with E-state index >= 15 is 0 Å². The van der Waals surface area contributed by atoms with E-state index in [-0.39, 0.29) is 6.10 Å². The summed E-state index contributed by atoms with van der Waals surface area (Å²) in [4.78, 5) is 0. The Morgan fingerprint density at radius 3 is 2.33 bits per heavy atom. The minimum atomic E-state index is 0.218. The number of ether oxygens (including phenoxy) is 1. The number of benzene rings is 1. The highest BCUT2D eigenvalue weighted by Gasteiger charge is 2.02. The summed E-state index contributed by atoms with van der Waals surface area (Å²) in [7, 11) is 0. The molecule has 0 aliphatic carbocycles. The molecule has 12 heavy (non-hydrogen) atoms. The van der Waals surface area contributed by atoms with Crippen molar-refractivity contribution in [2.45, 2.75) is 26.9 Å². The van der Waals surface area contributed by atoms with Crippen molar-refractivity contribution < 1.29 is 4.74 Å². The molecule has 1 nitrogen and oxygen atoms in total. The second-order valence-corrected chi connectivity index (χ2v) is 3.01. The first-order valence-electron chi connectivity index (χ1n) is 4.42. The molecule has 0 radical (unpaired) electrons. The molecule has 1 rings (SSSR count). The van der Waals surface area contributed by atoms with Gasteiger partial charge in [-0.1, -0.05) is 29.8 Å². The van der Waals surface area contributed by atoms with Gasteiger partial charge in [0.15, 0.2) is 0 Å². The minimum absolute atomic E-state index is 0.218. The molecule has 1 atom stereocenters. The molecular weight excluding hydrogens is 148 g/mol. The monoisotopic (exact) mass is 164 g/mol. The Labute approximate surface area is 74.4 Å². The molecule has 0 saturated carbocycles. The van der Waals surface area contributed by atoms with Crippen LogP contribution in [0.3, 0.4) is 0 Å². The van der Waals surface area contributed by atoms with Crippen LogP contribution in [-0.4, -0.2) is 6.61 Å². The van der Waals surface area contributed by atoms with Crippen LogP contribution >= 0.6 is 0 Å². The summed E-state index contributed by atoms with van der Waals surface area (Å²) in [6, 6.07) is 8.47. The normalized spacial score (nSPS) is 12.9. The fourth-order valence-corrected chi connectivity index (χ4v) is 1.18. The summed E-state index contributed by atoms with van der Waals surface area (Å²) >= 11 is 0. The topological polar surface area (TPSA) is 9.23 Å². The van der Waals surface area contributed by atoms with Crippen LogP contribution in [0.4, 0.5) is 0 Å². The van der Waals surface area contributed by atoms with Crippen LogP contribution in [0.1, 0.15) is 31.1 Å². The molecule has 0 aliphatic heterocycles. The van der Waals surface area contributed by atoms with Gasteiger partial charge in [0.05, 0.1) is 6.10 Å². The predicted octanol–water partition coefficient (Wildman–Crippen LogP) is 3.09. The van der Waals surface area contributed by atoms with E-state index in [9.17, 15) is 0 Å². The van der Waals surface area contributed by atoms with Crippen LogP contribution in [0.15, 0.2) is 24.3 Å². The largest absolute Gasteiger partial charge is 0.374 e. The van der Waals surface area contributed by atoms with Crippen LogP contribution in [0, 0.1) is 6.92 Å². The molecule has 0 aromatic heterocycles. The standard InChI is InChI=1S/C11H16O/c1-4-12-10(3)11-7-5-9(2)6-8-11/h5-8,10H,4H2,1-3H3. The van der Waals surface area contributed by atoms with Gasteiger partial charge in [0.2, 0.25) is 0 Å². The fraction of sp³-hybridized carbons (Fsp3) is 0.455. The van der Waals surface area contributed by atoms with Crippen molar-refractivity contribution in [1.82, 2.24) is 0 Å². The first-order valence-corrected chi connectivity index (χ1v) is 4.42. The Balaban J connectivity index is 2.68. The number of aryl methyl sites for hydroxylation is 1. The first kappa shape index (κ1) is 9.27. The van der Waals surface area contributed by atoms with Crippen LogP contribution in [0.5, 0.6) is 0 Å². The maximum absolute atomic E-state index is 5.47. The van der Waals surface area contributed by atoms with Gasteiger partial charge in [-0.05, 0) is 26.3 Å². The minimum Gasteiger partial charge on any atom is -0.374 e. The maximum atomic E-state index is 5.47. The summed E-state index contributed by atoms with van der Waals surface area (Å²) in [6.45, 7) is 6.96. The molecule has 0 fully saturated rings. The summed E-state index contributed by atoms with van der Waals surface area (Å²) < 4.78 is 5.47. The lowest BCUT2D eigenvalue weighted by Gasteiger charge is -2.11. The van der Waals surface area contributed by atoms with Crippen molar-refractivity contribution >= 4 is 0 Å². The Morgan fingerprint density at radius 2 is 1.83 bits per heavy atom. The summed E-state index contributed by atoms with van der Waals surface area (Å²) in [5.41, 5.74) is 2.55. The van der Waals surface area contributed by atoms with Crippen molar-refractivity contribution in [1.29, 1.82) is 0 Å². The van der Waals surface area contributed by atoms with E-state index in [2.05, 4.69) is 38.1 Å². The van der Waals surface area contributed by atoms with Crippen molar-refractivity contribution in [3.05, 3.63) is 35.4 Å². The van der Waals surface area contributed by atoms with Gasteiger partial charge in [0.1, 0.15) is 0 Å². The zero-order valence-electron chi connectivity index (χ0n) is 8.00. The quantitative estimate of drug-likeness (QED) is 0.667. The van der Waals surface area contributed by atoms with E-state index in [0.717, 1.165) is 6.61 Å². The second kappa shape index (κ2) is 4.27. The molecule has 0 heterocycles. The van der Waals surface area contributed by atoms with Gasteiger partial charge in [-0.15, -0.1) is 0 Å². The Bertz CT molecular complexity index is 225. The summed E-state index contributed by atoms with van der Waals surface area (Å²) in [5, 5.41) is 0. The van der Waals surface area contributed by atoms with Gasteiger partial charge in [-0.25, -0.2) is 0 Å². The zero-order valence-corrected chi connectivity index (χ0v) is 8.00. The first-order chi connectivity index (χ1) is 5.74. The molecule has 1 heteroatoms. The number of hydrogen-bond donors (Lipinski definition) is 0. The lowest BCUT2D eigenvalue weighted by molar-refractivity contribution is 0.0764. The number of rotatable bonds is 3. The summed E-state index contributed by atoms with van der Waals surface area (Å²) in [5.74, 6) is 0. The molecule has 1 unspecified atom stereocenters. The van der Waals surface area contributed by atoms with Crippen molar-refractivity contribution in [2.24, 2.45) is 0 Å². The highest BCUT2D eigenvalue weighted by Crippen LogP contribution is 2.16. The van der Waals surface area contributed by atoms with E-state index in [1.807, 2.05) is 6.92 Å². The Morgan fingerprint density at radius 1 is 1.25 bits per heavy atom. The van der Waals surface area contributed by atoms with E-state index < -0.39 is 0 Å². The average molecular weight is 164 g/mol. The average Bonchev–Trinajstić information content (AvgIpc) is 2.06. The van der Waals surface area contributed by atoms with Crippen LogP contribution in [0.25, 0.3) is 0 Å². The lowest BCUT2D eigenvalue weighted by atomic mass is 10.1. The van der Waals surface area contributed by atoms with Crippen LogP contribution < -0.4 is 0 Å². The smallest absolute Gasteiger partial charge is 0.0796 e. The van der Waals surface area contributed by atoms with Crippen molar-refractivity contribution in [2.75, 3.05) is 6.61 Å². The zero-order chi connectivity index (χ0) is 8.97. The van der Waals surface area contributed by atoms with E-state index in [1.165, 1.54) is 11.1 Å². The molecule has 1 aromatic rings. The highest BCUT2D eigenvalue weighted by molar-refractivity contribution is 5.22. The molecule has 0 bridgehead atoms. The van der Waals surface area contributed by atoms with Gasteiger partial charge in [-0.2, -0.15) is 0 Å². The Kier molecular flexibility index (Phi) is 3.30. The SMILES string of the molecule is CCOC(C)c1ccc(C)cc1. The van der Waals surface area contributed by atoms with Gasteiger partial charge >= 0.3 is 0 Å². The second-order valence-electron chi connectivity index (χ2n) is 3.01. The number of hydrogen-bond acceptors (Lipinski definition) is 1. The highest BCUT2D eigenvalue weighted by atomic mass is 16.5. The third-order valence-electron chi connectivity index (χ3n) is 1.96. The third-order valence-corrected chi connectivity index (χ3v) is 1.96. The molecular formula is C11H16O. The van der Waals surface area contributed by atoms with Gasteiger partial charge in [-0.3, -0.25) is 0 Å². The molecule has 0 spiro atoms. The third kappa shape index (κ3) is 2.35. The Hall–Kier alpha value is -0.820. The van der Waals surface area contributed by atoms with E-state index in [0.29, 0.717) is 0 Å². The lowest BCUT2D eigenvalue weighted by Crippen LogP contribution is -1.98. The fourth-order valence-electron chi connectivity index (χ4n) is 1.18. The molecule has 0 N–H and O–H groups in total. The summed E-state index contributed by atoms with van der Waals surface area (Å²) in [6.07, 6.45) is 0.218. The van der Waals surface area contributed by atoms with Gasteiger partial charge in [0, 0.05) is 6.61 Å². The van der Waals surface area contributed by atoms with E-state index in [4.69, 9.17) is 4.74 Å². The van der Waals surface area contributed by atoms with Crippen LogP contribution in [-0.2, 0) is 4.74 Å². The molecule has 0 saturated heterocycles. The molecule has 0 aliphatic rings. The maximum Gasteiger partial charge on any atom is 0.0796 e. The molecule has 66 valence electrons. The van der Waals surface area contributed by atoms with Gasteiger partial charge < -0.3 is 4.74 Å².